The molecule has 542 valence electrons. The Kier molecular flexibility index (Phi) is 31.1. The van der Waals surface area contributed by atoms with Crippen LogP contribution in [-0.2, 0) is 78.4 Å². The fraction of sp³-hybridized carbons (Fsp3) is 0.435. The first-order valence-electron chi connectivity index (χ1n) is 33.2. The second kappa shape index (κ2) is 39.7. The summed E-state index contributed by atoms with van der Waals surface area (Å²) in [6.45, 7) is 5.35. The van der Waals surface area contributed by atoms with Gasteiger partial charge < -0.3 is 86.5 Å². The van der Waals surface area contributed by atoms with Crippen molar-refractivity contribution in [2.75, 3.05) is 26.2 Å². The third-order valence-electron chi connectivity index (χ3n) is 16.5. The molecule has 3 aromatic carbocycles. The van der Waals surface area contributed by atoms with Crippen LogP contribution in [0.1, 0.15) is 94.9 Å². The molecule has 1 aliphatic heterocycles. The Hall–Kier alpha value is -10.8. The van der Waals surface area contributed by atoms with Crippen LogP contribution in [0.15, 0.2) is 126 Å². The number of aliphatic hydroxyl groups excluding tert-OH is 1. The number of pyridine rings is 2. The number of aliphatic hydroxyl groups is 1. The summed E-state index contributed by atoms with van der Waals surface area (Å²) in [5, 5.41) is 37.1. The summed E-state index contributed by atoms with van der Waals surface area (Å²) in [5.41, 5.74) is 30.0. The van der Waals surface area contributed by atoms with Gasteiger partial charge in [-0.05, 0) is 115 Å². The molecule has 3 heterocycles. The van der Waals surface area contributed by atoms with E-state index in [4.69, 9.17) is 40.3 Å². The van der Waals surface area contributed by atoms with Crippen LogP contribution in [0.5, 0.6) is 0 Å². The molecule has 11 amide bonds. The molecule has 0 radical (unpaired) electrons. The summed E-state index contributed by atoms with van der Waals surface area (Å²) < 4.78 is 0. The first-order chi connectivity index (χ1) is 48.2. The first kappa shape index (κ1) is 79.2. The number of carbonyl (C=O) groups is 11. The van der Waals surface area contributed by atoms with Crippen molar-refractivity contribution >= 4 is 99.3 Å². The van der Waals surface area contributed by atoms with E-state index in [9.17, 15) is 57.8 Å². The predicted octanol–water partition coefficient (Wildman–Crippen LogP) is -1.42. The van der Waals surface area contributed by atoms with E-state index in [2.05, 4.69) is 67.8 Å². The van der Waals surface area contributed by atoms with Gasteiger partial charge in [0.05, 0.1) is 6.61 Å². The van der Waals surface area contributed by atoms with Crippen molar-refractivity contribution in [2.24, 2.45) is 44.6 Å². The zero-order chi connectivity index (χ0) is 73.7. The zero-order valence-electron chi connectivity index (χ0n) is 56.9. The molecule has 2 aromatic heterocycles. The maximum absolute atomic E-state index is 14.8. The number of halogens is 1. The third-order valence-corrected chi connectivity index (χ3v) is 16.7. The van der Waals surface area contributed by atoms with Crippen molar-refractivity contribution < 1.29 is 57.8 Å². The van der Waals surface area contributed by atoms with Crippen LogP contribution in [0.2, 0.25) is 5.02 Å². The molecule has 0 saturated carbocycles. The number of aromatic nitrogens is 2. The van der Waals surface area contributed by atoms with E-state index in [0.29, 0.717) is 28.1 Å². The molecular formula is C69H92ClN19O12. The van der Waals surface area contributed by atoms with E-state index in [-0.39, 0.29) is 102 Å². The number of nitrogens with zero attached hydrogens (tertiary/aromatic N) is 5. The highest BCUT2D eigenvalue weighted by atomic mass is 35.5. The van der Waals surface area contributed by atoms with Crippen molar-refractivity contribution in [3.63, 3.8) is 0 Å². The Balaban J connectivity index is 1.25. The maximum atomic E-state index is 14.8. The molecule has 1 fully saturated rings. The molecule has 0 bridgehead atoms. The highest BCUT2D eigenvalue weighted by molar-refractivity contribution is 6.30. The van der Waals surface area contributed by atoms with Gasteiger partial charge in [0.1, 0.15) is 60.4 Å². The quantitative estimate of drug-likeness (QED) is 0.0122. The first-order valence-corrected chi connectivity index (χ1v) is 33.6. The Labute approximate surface area is 589 Å². The van der Waals surface area contributed by atoms with Crippen LogP contribution >= 0.6 is 11.6 Å². The Bertz CT molecular complexity index is 3730. The predicted molar refractivity (Wildman–Crippen MR) is 378 cm³/mol. The molecule has 0 spiro atoms. The molecule has 20 N–H and O–H groups in total. The number of hydrogen-bond donors (Lipinski definition) is 15. The molecule has 31 nitrogen and oxygen atoms in total. The minimum atomic E-state index is -1.81. The monoisotopic (exact) mass is 1410 g/mol. The number of fused-ring (bicyclic) bond motifs is 1. The van der Waals surface area contributed by atoms with Gasteiger partial charge in [-0.25, -0.2) is 0 Å². The molecule has 101 heavy (non-hydrogen) atoms. The second-order valence-corrected chi connectivity index (χ2v) is 25.5. The third kappa shape index (κ3) is 25.8. The summed E-state index contributed by atoms with van der Waals surface area (Å²) in [7, 11) is 0. The minimum absolute atomic E-state index is 0.0123. The highest BCUT2D eigenvalue weighted by Crippen LogP contribution is 2.23. The number of benzene rings is 3. The van der Waals surface area contributed by atoms with Gasteiger partial charge in [-0.3, -0.25) is 72.7 Å². The lowest BCUT2D eigenvalue weighted by molar-refractivity contribution is -0.142. The lowest BCUT2D eigenvalue weighted by atomic mass is 9.97. The lowest BCUT2D eigenvalue weighted by Crippen LogP contribution is -2.61. The average molecular weight is 1420 g/mol. The van der Waals surface area contributed by atoms with E-state index in [1.807, 2.05) is 42.5 Å². The molecule has 0 unspecified atom stereocenters. The van der Waals surface area contributed by atoms with Gasteiger partial charge >= 0.3 is 0 Å². The summed E-state index contributed by atoms with van der Waals surface area (Å²) in [4.78, 5) is 173. The molecule has 5 aromatic rings. The number of primary amides is 1. The normalized spacial score (nSPS) is 15.2. The van der Waals surface area contributed by atoms with Crippen molar-refractivity contribution in [3.8, 4) is 0 Å². The van der Waals surface area contributed by atoms with E-state index in [0.717, 1.165) is 16.3 Å². The van der Waals surface area contributed by atoms with E-state index in [1.165, 1.54) is 43.5 Å². The number of aliphatic imine (C=N–C) groups is 2. The van der Waals surface area contributed by atoms with Crippen LogP contribution in [-0.4, -0.2) is 184 Å². The number of likely N-dealkylation sites (tertiary alicyclic amines) is 1. The van der Waals surface area contributed by atoms with Gasteiger partial charge in [-0.2, -0.15) is 0 Å². The standard InChI is InChI=1S/C69H92ClN19O12/c1-39(2)31-51(60(94)83-50(20-11-29-79-69(74)75)67(101)89-30-12-21-57(89)66(100)80-40(3)58(71)92)84-62(96)53(33-43-13-8-26-76-36-43)85-59(93)49(19-10-28-78-68(72)73)82-65(99)56(38-90)88-63(97)54(34-44-14-9-27-77-37-44)87-61(95)52(32-42-22-24-47(70)25-23-42)86-64(98)55(81-41(4)91)35-46-17-7-16-45-15-5-6-18-48(45)46/h5-9,13-18,22-27,36-37,39-40,49-57,90H,10-12,19-21,28-35,38H2,1-4H3,(H2,71,92)(H,80,100)(H,81,91)(H,82,99)(H,83,94)(H,84,96)(H,85,93)(H,86,98)(H,87,95)(H,88,97)(H4,72,73,78)(H4,74,75,79)/t40-,49+,50+,51+,52-,53-,54-,55-,56+,57+/m1/s1. The fourth-order valence-electron chi connectivity index (χ4n) is 11.4. The van der Waals surface area contributed by atoms with E-state index in [1.54, 1.807) is 62.4 Å². The molecule has 32 heteroatoms. The number of carbonyl (C=O) groups excluding carboxylic acids is 11. The lowest BCUT2D eigenvalue weighted by Gasteiger charge is -2.31. The molecule has 10 atom stereocenters. The molecule has 1 saturated heterocycles. The average Bonchev–Trinajstić information content (AvgIpc) is 1.81. The summed E-state index contributed by atoms with van der Waals surface area (Å²) in [6, 6.07) is 12.3. The smallest absolute Gasteiger partial charge is 0.245 e. The van der Waals surface area contributed by atoms with Crippen LogP contribution < -0.4 is 76.5 Å². The highest BCUT2D eigenvalue weighted by Gasteiger charge is 2.40. The molecule has 6 rings (SSSR count). The molecule has 0 aliphatic carbocycles. The Morgan fingerprint density at radius 3 is 1.51 bits per heavy atom. The van der Waals surface area contributed by atoms with E-state index >= 15 is 0 Å². The van der Waals surface area contributed by atoms with Crippen molar-refractivity contribution in [2.45, 2.75) is 159 Å². The number of hydrogen-bond acceptors (Lipinski definition) is 16. The Morgan fingerprint density at radius 1 is 0.535 bits per heavy atom. The van der Waals surface area contributed by atoms with E-state index < -0.39 is 132 Å². The van der Waals surface area contributed by atoms with Crippen molar-refractivity contribution in [3.05, 3.63) is 143 Å². The number of guanidine groups is 2. The number of nitrogens with two attached hydrogens (primary N) is 5. The van der Waals surface area contributed by atoms with Crippen LogP contribution in [0.4, 0.5) is 0 Å². The number of amides is 11. The number of rotatable bonds is 38. The maximum Gasteiger partial charge on any atom is 0.245 e. The minimum Gasteiger partial charge on any atom is -0.394 e. The van der Waals surface area contributed by atoms with Crippen molar-refractivity contribution in [1.29, 1.82) is 0 Å². The van der Waals surface area contributed by atoms with Gasteiger partial charge in [0.25, 0.3) is 0 Å². The summed E-state index contributed by atoms with van der Waals surface area (Å²) in [6.07, 6.45) is 6.00. The zero-order valence-corrected chi connectivity index (χ0v) is 57.6. The van der Waals surface area contributed by atoms with Gasteiger partial charge in [-0.15, -0.1) is 0 Å². The molecule has 1 aliphatic rings. The topological polar surface area (TPSA) is 500 Å². The van der Waals surface area contributed by atoms with Crippen LogP contribution in [0, 0.1) is 5.92 Å². The summed E-state index contributed by atoms with van der Waals surface area (Å²) >= 11 is 6.23. The second-order valence-electron chi connectivity index (χ2n) is 25.0. The largest absolute Gasteiger partial charge is 0.394 e. The van der Waals surface area contributed by atoms with Crippen LogP contribution in [0.25, 0.3) is 10.8 Å². The van der Waals surface area contributed by atoms with Gasteiger partial charge in [0.2, 0.25) is 65.0 Å². The SMILES string of the molecule is CC(=O)N[C@H](Cc1cccc2ccccc12)C(=O)N[C@H](Cc1ccc(Cl)cc1)C(=O)N[C@H](Cc1cccnc1)C(=O)N[C@@H](CO)C(=O)N[C@@H](CCCN=C(N)N)C(=O)N[C@H](Cc1cccnc1)C(=O)N[C@@H](CC(C)C)C(=O)N[C@@H](CCCN=C(N)N)C(=O)N1CCC[C@H]1C(=O)N[C@H](C)C(N)=O. The van der Waals surface area contributed by atoms with Crippen molar-refractivity contribution in [1.82, 2.24) is 62.7 Å². The van der Waals surface area contributed by atoms with Gasteiger partial charge in [0.15, 0.2) is 11.9 Å². The number of nitrogens with one attached hydrogen (secondary N) is 9. The summed E-state index contributed by atoms with van der Waals surface area (Å²) in [5.74, 6) is -9.60. The fourth-order valence-corrected chi connectivity index (χ4v) is 11.5. The Morgan fingerprint density at radius 2 is 1.00 bits per heavy atom. The van der Waals surface area contributed by atoms with Gasteiger partial charge in [0, 0.05) is 82.1 Å². The van der Waals surface area contributed by atoms with Crippen LogP contribution in [0.3, 0.4) is 0 Å². The van der Waals surface area contributed by atoms with Gasteiger partial charge in [-0.1, -0.05) is 92.2 Å². The molecular weight excluding hydrogens is 1320 g/mol.